The number of urea groups is 1. The number of aromatic nitrogens is 2. The first-order valence-corrected chi connectivity index (χ1v) is 10.6. The van der Waals surface area contributed by atoms with Crippen molar-refractivity contribution in [3.05, 3.63) is 57.5 Å². The molecule has 0 radical (unpaired) electrons. The molecule has 31 heavy (non-hydrogen) atoms. The molecule has 3 aromatic rings. The zero-order valence-electron chi connectivity index (χ0n) is 16.7. The van der Waals surface area contributed by atoms with Crippen molar-refractivity contribution in [2.24, 2.45) is 0 Å². The predicted molar refractivity (Wildman–Crippen MR) is 115 cm³/mol. The maximum Gasteiger partial charge on any atom is 0.325 e. The number of nitrogens with one attached hydrogen (secondary N) is 2. The third-order valence-corrected chi connectivity index (χ3v) is 6.14. The molecule has 0 saturated carbocycles. The van der Waals surface area contributed by atoms with Gasteiger partial charge in [0.15, 0.2) is 0 Å². The van der Waals surface area contributed by atoms with E-state index in [2.05, 4.69) is 15.6 Å². The zero-order chi connectivity index (χ0) is 22.0. The Labute approximate surface area is 181 Å². The maximum atomic E-state index is 13.1. The van der Waals surface area contributed by atoms with Crippen molar-refractivity contribution in [1.29, 1.82) is 0 Å². The lowest BCUT2D eigenvalue weighted by molar-refractivity contribution is -0.144. The summed E-state index contributed by atoms with van der Waals surface area (Å²) in [6, 6.07) is 7.98. The van der Waals surface area contributed by atoms with Crippen molar-refractivity contribution >= 4 is 45.1 Å². The van der Waals surface area contributed by atoms with Gasteiger partial charge in [-0.15, -0.1) is 11.3 Å². The number of nitrogens with zero attached hydrogens (tertiary/aromatic N) is 2. The van der Waals surface area contributed by atoms with Gasteiger partial charge in [0.2, 0.25) is 5.91 Å². The number of ether oxygens (including phenoxy) is 1. The number of carbonyl (C=O) groups is 3. The largest absolute Gasteiger partial charge is 0.466 e. The summed E-state index contributed by atoms with van der Waals surface area (Å²) in [6.07, 6.45) is 2.55. The molecule has 4 rings (SSSR count). The van der Waals surface area contributed by atoms with Gasteiger partial charge in [-0.2, -0.15) is 0 Å². The highest BCUT2D eigenvalue weighted by atomic mass is 32.1. The summed E-state index contributed by atoms with van der Waals surface area (Å²) in [5, 5.41) is 5.08. The van der Waals surface area contributed by atoms with Gasteiger partial charge < -0.3 is 10.1 Å². The molecule has 0 fully saturated rings. The number of fused-ring (bicyclic) bond motifs is 3. The minimum Gasteiger partial charge on any atom is -0.466 e. The number of amides is 3. The van der Waals surface area contributed by atoms with Gasteiger partial charge in [-0.05, 0) is 37.5 Å². The van der Waals surface area contributed by atoms with Gasteiger partial charge in [0.05, 0.1) is 24.2 Å². The summed E-state index contributed by atoms with van der Waals surface area (Å²) in [5.41, 5.74) is 0.775. The van der Waals surface area contributed by atoms with E-state index < -0.39 is 23.4 Å². The van der Waals surface area contributed by atoms with E-state index in [9.17, 15) is 19.2 Å². The second-order valence-corrected chi connectivity index (χ2v) is 8.09. The summed E-state index contributed by atoms with van der Waals surface area (Å²) in [6.45, 7) is 1.62. The van der Waals surface area contributed by atoms with Crippen molar-refractivity contribution < 1.29 is 19.1 Å². The average Bonchev–Trinajstić information content (AvgIpc) is 3.30. The number of hydrogen-bond donors (Lipinski definition) is 2. The lowest BCUT2D eigenvalue weighted by Gasteiger charge is -2.11. The van der Waals surface area contributed by atoms with Crippen LogP contribution < -0.4 is 16.2 Å². The van der Waals surface area contributed by atoms with E-state index in [4.69, 9.17) is 4.74 Å². The standard InChI is InChI=1S/C21H20N4O5S/c1-2-30-20(28)13-8-9-14-16(13)17-18(31-14)22-11-25(19(17)27)10-15(26)24-21(29)23-12-6-4-3-5-7-12/h3-7,11,13H,2,8-10H2,1H3,(H2,23,24,26,29)/t13-/m1/s1. The molecule has 2 N–H and O–H groups in total. The molecule has 1 aliphatic carbocycles. The number of imide groups is 1. The van der Waals surface area contributed by atoms with Crippen LogP contribution >= 0.6 is 11.3 Å². The number of aryl methyl sites for hydroxylation is 1. The molecule has 1 aliphatic rings. The minimum absolute atomic E-state index is 0.264. The first kappa shape index (κ1) is 20.7. The van der Waals surface area contributed by atoms with Crippen LogP contribution in [0.25, 0.3) is 10.2 Å². The Balaban J connectivity index is 1.54. The first-order chi connectivity index (χ1) is 15.0. The van der Waals surface area contributed by atoms with Crippen molar-refractivity contribution in [2.45, 2.75) is 32.2 Å². The van der Waals surface area contributed by atoms with Gasteiger partial charge in [-0.25, -0.2) is 9.78 Å². The van der Waals surface area contributed by atoms with Gasteiger partial charge in [0.1, 0.15) is 11.4 Å². The lowest BCUT2D eigenvalue weighted by Crippen LogP contribution is -2.38. The number of esters is 1. The zero-order valence-corrected chi connectivity index (χ0v) is 17.5. The van der Waals surface area contributed by atoms with Crippen LogP contribution in [0.15, 0.2) is 41.5 Å². The van der Waals surface area contributed by atoms with Crippen LogP contribution in [0, 0.1) is 0 Å². The number of rotatable bonds is 5. The van der Waals surface area contributed by atoms with E-state index in [1.807, 2.05) is 0 Å². The Morgan fingerprint density at radius 2 is 2.03 bits per heavy atom. The monoisotopic (exact) mass is 440 g/mol. The second-order valence-electron chi connectivity index (χ2n) is 7.01. The molecule has 1 aromatic carbocycles. The summed E-state index contributed by atoms with van der Waals surface area (Å²) >= 11 is 1.38. The molecule has 160 valence electrons. The van der Waals surface area contributed by atoms with E-state index in [1.165, 1.54) is 17.7 Å². The van der Waals surface area contributed by atoms with Crippen LogP contribution in [0.3, 0.4) is 0 Å². The highest BCUT2D eigenvalue weighted by Gasteiger charge is 2.35. The normalized spacial score (nSPS) is 14.8. The quantitative estimate of drug-likeness (QED) is 0.588. The predicted octanol–water partition coefficient (Wildman–Crippen LogP) is 2.40. The molecule has 9 nitrogen and oxygen atoms in total. The van der Waals surface area contributed by atoms with Gasteiger partial charge in [0.25, 0.3) is 5.56 Å². The number of hydrogen-bond acceptors (Lipinski definition) is 7. The first-order valence-electron chi connectivity index (χ1n) is 9.81. The number of anilines is 1. The summed E-state index contributed by atoms with van der Waals surface area (Å²) in [7, 11) is 0. The fraction of sp³-hybridized carbons (Fsp3) is 0.286. The fourth-order valence-electron chi connectivity index (χ4n) is 3.66. The van der Waals surface area contributed by atoms with Crippen LogP contribution in [0.2, 0.25) is 0 Å². The SMILES string of the molecule is CCOC(=O)[C@@H]1CCc2sc3ncn(CC(=O)NC(=O)Nc4ccccc4)c(=O)c3c21. The summed E-state index contributed by atoms with van der Waals surface area (Å²) in [5.74, 6) is -1.52. The van der Waals surface area contributed by atoms with Gasteiger partial charge >= 0.3 is 12.0 Å². The van der Waals surface area contributed by atoms with Crippen LogP contribution in [-0.4, -0.2) is 34.1 Å². The molecule has 2 heterocycles. The highest BCUT2D eigenvalue weighted by Crippen LogP contribution is 2.42. The maximum absolute atomic E-state index is 13.1. The molecular weight excluding hydrogens is 420 g/mol. The number of para-hydroxylation sites is 1. The molecule has 1 atom stereocenters. The Bertz CT molecular complexity index is 1220. The fourth-order valence-corrected chi connectivity index (χ4v) is 4.87. The Morgan fingerprint density at radius 1 is 1.26 bits per heavy atom. The third kappa shape index (κ3) is 4.19. The van der Waals surface area contributed by atoms with Crippen molar-refractivity contribution in [2.75, 3.05) is 11.9 Å². The Hall–Kier alpha value is -3.53. The molecule has 10 heteroatoms. The summed E-state index contributed by atoms with van der Waals surface area (Å²) in [4.78, 5) is 55.5. The topological polar surface area (TPSA) is 119 Å². The Kier molecular flexibility index (Phi) is 5.81. The number of carbonyl (C=O) groups excluding carboxylic acids is 3. The van der Waals surface area contributed by atoms with Crippen LogP contribution in [0.5, 0.6) is 0 Å². The Morgan fingerprint density at radius 3 is 2.77 bits per heavy atom. The van der Waals surface area contributed by atoms with E-state index in [1.54, 1.807) is 37.3 Å². The number of thiophene rings is 1. The van der Waals surface area contributed by atoms with E-state index in [0.29, 0.717) is 34.3 Å². The molecule has 0 unspecified atom stereocenters. The number of benzene rings is 1. The highest BCUT2D eigenvalue weighted by molar-refractivity contribution is 7.18. The second kappa shape index (κ2) is 8.68. The van der Waals surface area contributed by atoms with Crippen LogP contribution in [-0.2, 0) is 27.3 Å². The molecule has 3 amide bonds. The molecular formula is C21H20N4O5S. The van der Waals surface area contributed by atoms with Gasteiger partial charge in [-0.1, -0.05) is 18.2 Å². The minimum atomic E-state index is -0.697. The average molecular weight is 440 g/mol. The van der Waals surface area contributed by atoms with Gasteiger partial charge in [-0.3, -0.25) is 24.3 Å². The molecule has 0 aliphatic heterocycles. The van der Waals surface area contributed by atoms with Gasteiger partial charge in [0, 0.05) is 10.6 Å². The van der Waals surface area contributed by atoms with E-state index >= 15 is 0 Å². The van der Waals surface area contributed by atoms with Crippen molar-refractivity contribution in [3.63, 3.8) is 0 Å². The van der Waals surface area contributed by atoms with E-state index in [0.717, 1.165) is 9.44 Å². The van der Waals surface area contributed by atoms with Crippen LogP contribution in [0.4, 0.5) is 10.5 Å². The third-order valence-electron chi connectivity index (χ3n) is 4.97. The smallest absolute Gasteiger partial charge is 0.325 e. The lowest BCUT2D eigenvalue weighted by atomic mass is 10.0. The molecule has 2 aromatic heterocycles. The van der Waals surface area contributed by atoms with E-state index in [-0.39, 0.29) is 19.1 Å². The molecule has 0 bridgehead atoms. The van der Waals surface area contributed by atoms with Crippen molar-refractivity contribution in [1.82, 2.24) is 14.9 Å². The molecule has 0 spiro atoms. The summed E-state index contributed by atoms with van der Waals surface area (Å²) < 4.78 is 6.30. The van der Waals surface area contributed by atoms with Crippen LogP contribution in [0.1, 0.15) is 29.7 Å². The molecule has 0 saturated heterocycles. The van der Waals surface area contributed by atoms with Crippen molar-refractivity contribution in [3.8, 4) is 0 Å².